The van der Waals surface area contributed by atoms with Crippen molar-refractivity contribution in [2.24, 2.45) is 5.41 Å². The van der Waals surface area contributed by atoms with Crippen LogP contribution < -0.4 is 10.1 Å². The molecule has 3 heteroatoms. The SMILES string of the molecule is CNC(Cc1cc(Cl)cc2c1OCC2)C1(C)CC1. The van der Waals surface area contributed by atoms with Crippen molar-refractivity contribution in [1.82, 2.24) is 5.32 Å². The summed E-state index contributed by atoms with van der Waals surface area (Å²) in [6.45, 7) is 3.16. The number of ether oxygens (including phenoxy) is 1. The Kier molecular flexibility index (Phi) is 3.03. The van der Waals surface area contributed by atoms with Crippen LogP contribution in [0.2, 0.25) is 5.02 Å². The van der Waals surface area contributed by atoms with Gasteiger partial charge < -0.3 is 10.1 Å². The highest BCUT2D eigenvalue weighted by molar-refractivity contribution is 6.30. The predicted molar refractivity (Wildman–Crippen MR) is 74.5 cm³/mol. The molecule has 1 atom stereocenters. The molecule has 0 aromatic heterocycles. The minimum atomic E-state index is 0.461. The highest BCUT2D eigenvalue weighted by Gasteiger charge is 2.44. The lowest BCUT2D eigenvalue weighted by Gasteiger charge is -2.24. The molecule has 1 unspecified atom stereocenters. The van der Waals surface area contributed by atoms with E-state index in [-0.39, 0.29) is 0 Å². The smallest absolute Gasteiger partial charge is 0.125 e. The lowest BCUT2D eigenvalue weighted by Crippen LogP contribution is -2.35. The molecule has 18 heavy (non-hydrogen) atoms. The molecule has 2 aliphatic rings. The number of hydrogen-bond acceptors (Lipinski definition) is 2. The van der Waals surface area contributed by atoms with Crippen LogP contribution >= 0.6 is 11.6 Å². The van der Waals surface area contributed by atoms with E-state index < -0.39 is 0 Å². The van der Waals surface area contributed by atoms with Gasteiger partial charge in [0.15, 0.2) is 0 Å². The van der Waals surface area contributed by atoms with Crippen LogP contribution in [0.15, 0.2) is 12.1 Å². The molecular formula is C15H20ClNO. The second-order valence-electron chi connectivity index (χ2n) is 5.85. The van der Waals surface area contributed by atoms with E-state index in [0.29, 0.717) is 11.5 Å². The Labute approximate surface area is 114 Å². The van der Waals surface area contributed by atoms with E-state index in [1.54, 1.807) is 0 Å². The lowest BCUT2D eigenvalue weighted by molar-refractivity contribution is 0.341. The Bertz CT molecular complexity index is 468. The molecule has 3 rings (SSSR count). The molecule has 1 aromatic carbocycles. The number of halogens is 1. The molecule has 0 radical (unpaired) electrons. The maximum Gasteiger partial charge on any atom is 0.125 e. The number of fused-ring (bicyclic) bond motifs is 1. The predicted octanol–water partition coefficient (Wildman–Crippen LogP) is 3.21. The van der Waals surface area contributed by atoms with Gasteiger partial charge in [-0.2, -0.15) is 0 Å². The Hall–Kier alpha value is -0.730. The molecule has 1 aliphatic carbocycles. The summed E-state index contributed by atoms with van der Waals surface area (Å²) in [6, 6.07) is 4.63. The number of rotatable bonds is 4. The molecule has 1 saturated carbocycles. The monoisotopic (exact) mass is 265 g/mol. The molecule has 0 bridgehead atoms. The number of benzene rings is 1. The van der Waals surface area contributed by atoms with Crippen LogP contribution in [0, 0.1) is 5.41 Å². The normalized spacial score (nSPS) is 21.3. The lowest BCUT2D eigenvalue weighted by atomic mass is 9.91. The summed E-state index contributed by atoms with van der Waals surface area (Å²) in [5, 5.41) is 4.30. The molecule has 0 spiro atoms. The van der Waals surface area contributed by atoms with Gasteiger partial charge in [-0.15, -0.1) is 0 Å². The van der Waals surface area contributed by atoms with Gasteiger partial charge in [0.1, 0.15) is 5.75 Å². The first kappa shape index (κ1) is 12.3. The Morgan fingerprint density at radius 3 is 2.89 bits per heavy atom. The Balaban J connectivity index is 1.88. The third-order valence-corrected chi connectivity index (χ3v) is 4.70. The van der Waals surface area contributed by atoms with Crippen molar-refractivity contribution in [3.8, 4) is 5.75 Å². The van der Waals surface area contributed by atoms with Crippen molar-refractivity contribution in [3.63, 3.8) is 0 Å². The van der Waals surface area contributed by atoms with Crippen LogP contribution in [-0.4, -0.2) is 19.7 Å². The molecule has 0 amide bonds. The zero-order chi connectivity index (χ0) is 12.8. The van der Waals surface area contributed by atoms with Gasteiger partial charge in [-0.3, -0.25) is 0 Å². The minimum absolute atomic E-state index is 0.461. The summed E-state index contributed by atoms with van der Waals surface area (Å²) >= 11 is 6.21. The first-order valence-corrected chi connectivity index (χ1v) is 7.11. The summed E-state index contributed by atoms with van der Waals surface area (Å²) in [4.78, 5) is 0. The van der Waals surface area contributed by atoms with Gasteiger partial charge in [-0.05, 0) is 55.0 Å². The molecule has 1 heterocycles. The number of nitrogens with one attached hydrogen (secondary N) is 1. The topological polar surface area (TPSA) is 21.3 Å². The largest absolute Gasteiger partial charge is 0.493 e. The zero-order valence-corrected chi connectivity index (χ0v) is 11.8. The van der Waals surface area contributed by atoms with E-state index in [1.807, 2.05) is 6.07 Å². The van der Waals surface area contributed by atoms with Gasteiger partial charge in [0.25, 0.3) is 0 Å². The molecule has 1 fully saturated rings. The molecule has 98 valence electrons. The van der Waals surface area contributed by atoms with Crippen LogP contribution in [0.25, 0.3) is 0 Å². The van der Waals surface area contributed by atoms with E-state index >= 15 is 0 Å². The van der Waals surface area contributed by atoms with E-state index in [9.17, 15) is 0 Å². The van der Waals surface area contributed by atoms with Crippen molar-refractivity contribution < 1.29 is 4.74 Å². The quantitative estimate of drug-likeness (QED) is 0.903. The summed E-state index contributed by atoms with van der Waals surface area (Å²) in [5.41, 5.74) is 3.00. The van der Waals surface area contributed by atoms with Crippen molar-refractivity contribution in [2.45, 2.75) is 38.6 Å². The Morgan fingerprint density at radius 2 is 2.22 bits per heavy atom. The second-order valence-corrected chi connectivity index (χ2v) is 6.29. The molecule has 1 aliphatic heterocycles. The van der Waals surface area contributed by atoms with E-state index in [1.165, 1.54) is 24.0 Å². The fraction of sp³-hybridized carbons (Fsp3) is 0.600. The molecule has 0 saturated heterocycles. The summed E-state index contributed by atoms with van der Waals surface area (Å²) in [5.74, 6) is 1.09. The first-order valence-electron chi connectivity index (χ1n) is 6.74. The van der Waals surface area contributed by atoms with Crippen LogP contribution in [0.1, 0.15) is 30.9 Å². The molecular weight excluding hydrogens is 246 g/mol. The fourth-order valence-corrected chi connectivity index (χ4v) is 3.22. The third-order valence-electron chi connectivity index (χ3n) is 4.48. The maximum absolute atomic E-state index is 6.21. The second kappa shape index (κ2) is 4.43. The van der Waals surface area contributed by atoms with Crippen LogP contribution in [0.3, 0.4) is 0 Å². The van der Waals surface area contributed by atoms with E-state index in [4.69, 9.17) is 16.3 Å². The molecule has 1 aromatic rings. The van der Waals surface area contributed by atoms with Gasteiger partial charge in [0.05, 0.1) is 6.61 Å². The minimum Gasteiger partial charge on any atom is -0.493 e. The van der Waals surface area contributed by atoms with Crippen molar-refractivity contribution in [3.05, 3.63) is 28.3 Å². The average Bonchev–Trinajstić information content (AvgIpc) is 2.90. The summed E-state index contributed by atoms with van der Waals surface area (Å²) < 4.78 is 5.78. The molecule has 1 N–H and O–H groups in total. The zero-order valence-electron chi connectivity index (χ0n) is 11.1. The van der Waals surface area contributed by atoms with E-state index in [2.05, 4.69) is 25.4 Å². The molecule has 2 nitrogen and oxygen atoms in total. The number of hydrogen-bond donors (Lipinski definition) is 1. The van der Waals surface area contributed by atoms with Crippen molar-refractivity contribution in [1.29, 1.82) is 0 Å². The maximum atomic E-state index is 6.21. The van der Waals surface area contributed by atoms with Gasteiger partial charge >= 0.3 is 0 Å². The highest BCUT2D eigenvalue weighted by atomic mass is 35.5. The third kappa shape index (κ3) is 2.12. The fourth-order valence-electron chi connectivity index (χ4n) is 2.96. The van der Waals surface area contributed by atoms with Crippen LogP contribution in [-0.2, 0) is 12.8 Å². The number of likely N-dealkylation sites (N-methyl/N-ethyl adjacent to an activating group) is 1. The highest BCUT2D eigenvalue weighted by Crippen LogP contribution is 2.49. The van der Waals surface area contributed by atoms with Gasteiger partial charge in [0, 0.05) is 17.5 Å². The first-order chi connectivity index (χ1) is 8.62. The standard InChI is InChI=1S/C15H20ClNO/c1-15(4-5-15)13(17-2)9-11-8-12(16)7-10-3-6-18-14(10)11/h7-8,13,17H,3-6,9H2,1-2H3. The van der Waals surface area contributed by atoms with Gasteiger partial charge in [-0.25, -0.2) is 0 Å². The van der Waals surface area contributed by atoms with Gasteiger partial charge in [0.2, 0.25) is 0 Å². The van der Waals surface area contributed by atoms with Crippen molar-refractivity contribution >= 4 is 11.6 Å². The van der Waals surface area contributed by atoms with Crippen molar-refractivity contribution in [2.75, 3.05) is 13.7 Å². The Morgan fingerprint density at radius 1 is 1.44 bits per heavy atom. The summed E-state index contributed by atoms with van der Waals surface area (Å²) in [7, 11) is 2.06. The van der Waals surface area contributed by atoms with E-state index in [0.717, 1.165) is 30.2 Å². The summed E-state index contributed by atoms with van der Waals surface area (Å²) in [6.07, 6.45) is 4.64. The van der Waals surface area contributed by atoms with Crippen LogP contribution in [0.4, 0.5) is 0 Å². The van der Waals surface area contributed by atoms with Crippen LogP contribution in [0.5, 0.6) is 5.75 Å². The van der Waals surface area contributed by atoms with Gasteiger partial charge in [-0.1, -0.05) is 18.5 Å². The average molecular weight is 266 g/mol.